The number of hydrogen-bond donors (Lipinski definition) is 2. The first-order valence-electron chi connectivity index (χ1n) is 13.2. The molecule has 4 aliphatic rings. The van der Waals surface area contributed by atoms with Crippen molar-refractivity contribution in [2.75, 3.05) is 0 Å². The second-order valence-corrected chi connectivity index (χ2v) is 11.7. The summed E-state index contributed by atoms with van der Waals surface area (Å²) in [4.78, 5) is 25.6. The van der Waals surface area contributed by atoms with Crippen LogP contribution in [0.4, 0.5) is 4.79 Å². The molecule has 2 amide bonds. The molecule has 8 heteroatoms. The summed E-state index contributed by atoms with van der Waals surface area (Å²) in [5.74, 6) is 0.940. The van der Waals surface area contributed by atoms with Crippen LogP contribution in [-0.4, -0.2) is 42.8 Å². The Morgan fingerprint density at radius 3 is 2.49 bits per heavy atom. The molecule has 5 rings (SSSR count). The Labute approximate surface area is 210 Å². The van der Waals surface area contributed by atoms with E-state index in [0.717, 1.165) is 18.4 Å². The molecule has 1 saturated heterocycles. The van der Waals surface area contributed by atoms with Gasteiger partial charge in [0.15, 0.2) is 0 Å². The average molecular weight is 484 g/mol. The van der Waals surface area contributed by atoms with Crippen molar-refractivity contribution in [3.8, 4) is 0 Å². The van der Waals surface area contributed by atoms with E-state index in [1.54, 1.807) is 0 Å². The third kappa shape index (κ3) is 5.24. The Morgan fingerprint density at radius 2 is 1.86 bits per heavy atom. The molecule has 1 aromatic rings. The first-order valence-corrected chi connectivity index (χ1v) is 13.2. The molecule has 2 bridgehead atoms. The van der Waals surface area contributed by atoms with E-state index >= 15 is 0 Å². The fourth-order valence-corrected chi connectivity index (χ4v) is 6.36. The number of carbonyl (C=O) groups is 2. The van der Waals surface area contributed by atoms with E-state index in [9.17, 15) is 9.59 Å². The van der Waals surface area contributed by atoms with E-state index in [2.05, 4.69) is 45.3 Å². The van der Waals surface area contributed by atoms with E-state index in [1.807, 2.05) is 37.3 Å². The summed E-state index contributed by atoms with van der Waals surface area (Å²) in [5.41, 5.74) is 0.827. The maximum Gasteiger partial charge on any atom is 0.481 e. The van der Waals surface area contributed by atoms with Crippen molar-refractivity contribution < 1.29 is 23.6 Å². The minimum Gasteiger partial charge on any atom is -0.445 e. The van der Waals surface area contributed by atoms with Gasteiger partial charge >= 0.3 is 13.2 Å². The highest BCUT2D eigenvalue weighted by molar-refractivity contribution is 6.47. The minimum absolute atomic E-state index is 0.0592. The Morgan fingerprint density at radius 1 is 1.14 bits per heavy atom. The molecule has 1 aliphatic heterocycles. The van der Waals surface area contributed by atoms with Crippen LogP contribution in [0.1, 0.15) is 72.8 Å². The average Bonchev–Trinajstić information content (AvgIpc) is 3.18. The molecule has 1 heterocycles. The van der Waals surface area contributed by atoms with Crippen molar-refractivity contribution in [3.05, 3.63) is 35.9 Å². The lowest BCUT2D eigenvalue weighted by Gasteiger charge is -2.64. The highest BCUT2D eigenvalue weighted by Crippen LogP contribution is 2.65. The van der Waals surface area contributed by atoms with E-state index in [1.165, 1.54) is 6.42 Å². The molecular weight excluding hydrogens is 443 g/mol. The fraction of sp³-hybridized carbons (Fsp3) is 0.704. The number of amides is 2. The van der Waals surface area contributed by atoms with Gasteiger partial charge in [-0.25, -0.2) is 4.79 Å². The predicted octanol–water partition coefficient (Wildman–Crippen LogP) is 4.49. The smallest absolute Gasteiger partial charge is 0.445 e. The van der Waals surface area contributed by atoms with Gasteiger partial charge in [-0.05, 0) is 61.3 Å². The number of rotatable bonds is 9. The maximum absolute atomic E-state index is 13.2. The molecular formula is C27H41BN2O5. The van der Waals surface area contributed by atoms with Gasteiger partial charge in [0, 0.05) is 0 Å². The van der Waals surface area contributed by atoms with E-state index in [4.69, 9.17) is 14.0 Å². The zero-order chi connectivity index (χ0) is 25.4. The van der Waals surface area contributed by atoms with Crippen LogP contribution in [0.15, 0.2) is 30.3 Å². The molecule has 1 aromatic carbocycles. The highest BCUT2D eigenvalue weighted by atomic mass is 16.7. The van der Waals surface area contributed by atoms with Crippen LogP contribution in [0.25, 0.3) is 0 Å². The van der Waals surface area contributed by atoms with Crippen molar-refractivity contribution in [3.63, 3.8) is 0 Å². The van der Waals surface area contributed by atoms with Gasteiger partial charge in [-0.2, -0.15) is 0 Å². The summed E-state index contributed by atoms with van der Waals surface area (Å²) >= 11 is 0. The lowest BCUT2D eigenvalue weighted by atomic mass is 9.43. The van der Waals surface area contributed by atoms with Gasteiger partial charge < -0.3 is 24.7 Å². The van der Waals surface area contributed by atoms with Crippen LogP contribution < -0.4 is 10.6 Å². The molecule has 3 saturated carbocycles. The summed E-state index contributed by atoms with van der Waals surface area (Å²) in [5, 5.41) is 5.85. The van der Waals surface area contributed by atoms with Crippen LogP contribution in [0.5, 0.6) is 0 Å². The standard InChI is InChI=1S/C27H41BN2O5/c1-7-20(29-25(32)33-16-18-11-9-8-10-12-18)24(31)30-23(13-17(2)3)28-34-22-15-19-14-21(26(19,4)5)27(22,6)35-28/h8-12,17,19-23H,7,13-16H2,1-6H3,(H,29,32)(H,30,31)/t19-,20-,21-,22+,23-,27-/m0/s1. The first-order chi connectivity index (χ1) is 16.5. The summed E-state index contributed by atoms with van der Waals surface area (Å²) in [6.45, 7) is 13.1. The summed E-state index contributed by atoms with van der Waals surface area (Å²) in [6.07, 6.45) is 2.82. The molecule has 0 unspecified atom stereocenters. The number of ether oxygens (including phenoxy) is 1. The van der Waals surface area contributed by atoms with Crippen molar-refractivity contribution >= 4 is 19.1 Å². The molecule has 6 atom stereocenters. The topological polar surface area (TPSA) is 85.9 Å². The van der Waals surface area contributed by atoms with Gasteiger partial charge in [-0.3, -0.25) is 4.79 Å². The SMILES string of the molecule is CC[C@H](NC(=O)OCc1ccccc1)C(=O)N[C@@H](CC(C)C)B1O[C@@H]2C[C@@H]3C[C@@H](C3(C)C)[C@]2(C)O1. The Hall–Kier alpha value is -2.06. The highest BCUT2D eigenvalue weighted by Gasteiger charge is 2.68. The maximum atomic E-state index is 13.2. The summed E-state index contributed by atoms with van der Waals surface area (Å²) in [6, 6.07) is 8.77. The second kappa shape index (κ2) is 10.1. The third-order valence-electron chi connectivity index (χ3n) is 8.58. The predicted molar refractivity (Wildman–Crippen MR) is 135 cm³/mol. The van der Waals surface area contributed by atoms with Gasteiger partial charge in [-0.1, -0.05) is 65.0 Å². The monoisotopic (exact) mass is 484 g/mol. The minimum atomic E-state index is -0.695. The molecule has 192 valence electrons. The van der Waals surface area contributed by atoms with Gasteiger partial charge in [-0.15, -0.1) is 0 Å². The molecule has 7 nitrogen and oxygen atoms in total. The number of hydrogen-bond acceptors (Lipinski definition) is 5. The molecule has 0 spiro atoms. The summed E-state index contributed by atoms with van der Waals surface area (Å²) in [7, 11) is -0.492. The Balaban J connectivity index is 1.37. The Kier molecular flexibility index (Phi) is 7.53. The molecule has 2 N–H and O–H groups in total. The summed E-state index contributed by atoms with van der Waals surface area (Å²) < 4.78 is 18.4. The lowest BCUT2D eigenvalue weighted by molar-refractivity contribution is -0.199. The number of alkyl carbamates (subject to hydrolysis) is 1. The van der Waals surface area contributed by atoms with Crippen LogP contribution >= 0.6 is 0 Å². The van der Waals surface area contributed by atoms with Crippen molar-refractivity contribution in [1.82, 2.24) is 10.6 Å². The van der Waals surface area contributed by atoms with Crippen molar-refractivity contribution in [2.24, 2.45) is 23.2 Å². The van der Waals surface area contributed by atoms with Gasteiger partial charge in [0.25, 0.3) is 0 Å². The van der Waals surface area contributed by atoms with Crippen LogP contribution in [0.2, 0.25) is 0 Å². The van der Waals surface area contributed by atoms with Crippen LogP contribution in [-0.2, 0) is 25.4 Å². The first kappa shape index (κ1) is 26.0. The fourth-order valence-electron chi connectivity index (χ4n) is 6.36. The van der Waals surface area contributed by atoms with Crippen molar-refractivity contribution in [2.45, 2.75) is 97.5 Å². The molecule has 0 radical (unpaired) electrons. The number of benzene rings is 1. The van der Waals surface area contributed by atoms with Gasteiger partial charge in [0.1, 0.15) is 12.6 Å². The van der Waals surface area contributed by atoms with Crippen LogP contribution in [0, 0.1) is 23.2 Å². The van der Waals surface area contributed by atoms with Gasteiger partial charge in [0.05, 0.1) is 17.6 Å². The quantitative estimate of drug-likeness (QED) is 0.505. The second-order valence-electron chi connectivity index (χ2n) is 11.7. The van der Waals surface area contributed by atoms with Gasteiger partial charge in [0.2, 0.25) is 5.91 Å². The largest absolute Gasteiger partial charge is 0.481 e. The van der Waals surface area contributed by atoms with Crippen molar-refractivity contribution in [1.29, 1.82) is 0 Å². The lowest BCUT2D eigenvalue weighted by Crippen LogP contribution is -2.65. The van der Waals surface area contributed by atoms with E-state index in [-0.39, 0.29) is 35.6 Å². The number of nitrogens with one attached hydrogen (secondary N) is 2. The molecule has 3 aliphatic carbocycles. The third-order valence-corrected chi connectivity index (χ3v) is 8.58. The normalized spacial score (nSPS) is 30.1. The van der Waals surface area contributed by atoms with Crippen LogP contribution in [0.3, 0.4) is 0 Å². The number of carbonyl (C=O) groups excluding carboxylic acids is 2. The molecule has 4 fully saturated rings. The van der Waals surface area contributed by atoms with E-state index in [0.29, 0.717) is 24.2 Å². The molecule has 0 aromatic heterocycles. The van der Waals surface area contributed by atoms with E-state index < -0.39 is 19.3 Å². The zero-order valence-electron chi connectivity index (χ0n) is 22.0. The zero-order valence-corrected chi connectivity index (χ0v) is 22.0. The molecule has 35 heavy (non-hydrogen) atoms. The Bertz CT molecular complexity index is 910.